The predicted octanol–water partition coefficient (Wildman–Crippen LogP) is 3.19. The molecule has 0 fully saturated rings. The summed E-state index contributed by atoms with van der Waals surface area (Å²) in [4.78, 5) is 0. The minimum absolute atomic E-state index is 0.242. The fraction of sp³-hybridized carbons (Fsp3) is 0.200. The summed E-state index contributed by atoms with van der Waals surface area (Å²) in [6.45, 7) is 2.74. The lowest BCUT2D eigenvalue weighted by molar-refractivity contribution is 0.174. The van der Waals surface area contributed by atoms with E-state index in [9.17, 15) is 0 Å². The van der Waals surface area contributed by atoms with E-state index in [0.29, 0.717) is 35.3 Å². The van der Waals surface area contributed by atoms with Crippen molar-refractivity contribution in [2.24, 2.45) is 0 Å². The first kappa shape index (κ1) is 12.5. The van der Waals surface area contributed by atoms with Crippen molar-refractivity contribution >= 4 is 5.69 Å². The summed E-state index contributed by atoms with van der Waals surface area (Å²) < 4.78 is 21.8. The van der Waals surface area contributed by atoms with Crippen LogP contribution in [0.2, 0.25) is 0 Å². The second kappa shape index (κ2) is 5.21. The number of hydrogen-bond donors (Lipinski definition) is 1. The molecule has 2 N–H and O–H groups in total. The molecule has 20 heavy (non-hydrogen) atoms. The Kier molecular flexibility index (Phi) is 3.25. The van der Waals surface area contributed by atoms with Crippen LogP contribution in [-0.2, 0) is 0 Å². The highest BCUT2D eigenvalue weighted by atomic mass is 16.7. The lowest BCUT2D eigenvalue weighted by Gasteiger charge is -2.10. The molecule has 5 nitrogen and oxygen atoms in total. The van der Waals surface area contributed by atoms with Crippen molar-refractivity contribution < 1.29 is 18.9 Å². The van der Waals surface area contributed by atoms with Gasteiger partial charge in [0.05, 0.1) is 6.61 Å². The molecule has 1 aliphatic rings. The number of benzene rings is 2. The van der Waals surface area contributed by atoms with E-state index < -0.39 is 0 Å². The van der Waals surface area contributed by atoms with Crippen LogP contribution >= 0.6 is 0 Å². The molecule has 0 spiro atoms. The summed E-state index contributed by atoms with van der Waals surface area (Å²) in [6, 6.07) is 10.7. The Bertz CT molecular complexity index is 627. The molecule has 3 rings (SSSR count). The van der Waals surface area contributed by atoms with Crippen molar-refractivity contribution in [3.05, 3.63) is 36.4 Å². The van der Waals surface area contributed by atoms with E-state index in [1.165, 1.54) is 0 Å². The fourth-order valence-corrected chi connectivity index (χ4v) is 1.98. The molecule has 104 valence electrons. The molecule has 0 bridgehead atoms. The number of ether oxygens (including phenoxy) is 4. The van der Waals surface area contributed by atoms with Crippen LogP contribution in [0.3, 0.4) is 0 Å². The molecule has 0 atom stereocenters. The molecule has 0 saturated heterocycles. The van der Waals surface area contributed by atoms with Crippen LogP contribution in [0.25, 0.3) is 0 Å². The van der Waals surface area contributed by atoms with E-state index in [-0.39, 0.29) is 6.79 Å². The number of anilines is 1. The van der Waals surface area contributed by atoms with Gasteiger partial charge in [0.1, 0.15) is 17.2 Å². The third kappa shape index (κ3) is 2.56. The van der Waals surface area contributed by atoms with Gasteiger partial charge < -0.3 is 24.7 Å². The number of hydrogen-bond acceptors (Lipinski definition) is 5. The van der Waals surface area contributed by atoms with Gasteiger partial charge in [0.15, 0.2) is 11.5 Å². The second-order valence-electron chi connectivity index (χ2n) is 4.29. The maximum atomic E-state index is 5.83. The van der Waals surface area contributed by atoms with Crippen LogP contribution in [0, 0.1) is 0 Å². The van der Waals surface area contributed by atoms with E-state index in [2.05, 4.69) is 0 Å². The SMILES string of the molecule is CCOc1cc(N)cc(Oc2ccc3c(c2)OCO3)c1. The summed E-state index contributed by atoms with van der Waals surface area (Å²) in [5.41, 5.74) is 6.42. The van der Waals surface area contributed by atoms with E-state index >= 15 is 0 Å². The maximum absolute atomic E-state index is 5.83. The van der Waals surface area contributed by atoms with Crippen molar-refractivity contribution in [3.8, 4) is 28.7 Å². The van der Waals surface area contributed by atoms with E-state index in [1.807, 2.05) is 19.1 Å². The Morgan fingerprint density at radius 2 is 1.80 bits per heavy atom. The van der Waals surface area contributed by atoms with Gasteiger partial charge >= 0.3 is 0 Å². The third-order valence-corrected chi connectivity index (χ3v) is 2.79. The van der Waals surface area contributed by atoms with Crippen molar-refractivity contribution in [3.63, 3.8) is 0 Å². The molecule has 1 aliphatic heterocycles. The van der Waals surface area contributed by atoms with E-state index in [1.54, 1.807) is 24.3 Å². The van der Waals surface area contributed by atoms with Crippen LogP contribution in [0.1, 0.15) is 6.92 Å². The molecule has 5 heteroatoms. The third-order valence-electron chi connectivity index (χ3n) is 2.79. The highest BCUT2D eigenvalue weighted by Gasteiger charge is 2.14. The lowest BCUT2D eigenvalue weighted by atomic mass is 10.2. The van der Waals surface area contributed by atoms with Crippen molar-refractivity contribution in [2.75, 3.05) is 19.1 Å². The van der Waals surface area contributed by atoms with Crippen molar-refractivity contribution in [1.29, 1.82) is 0 Å². The molecule has 0 unspecified atom stereocenters. The molecule has 0 saturated carbocycles. The Balaban J connectivity index is 1.83. The molecule has 0 radical (unpaired) electrons. The summed E-state index contributed by atoms with van der Waals surface area (Å²) in [5, 5.41) is 0. The van der Waals surface area contributed by atoms with E-state index in [0.717, 1.165) is 5.75 Å². The zero-order valence-corrected chi connectivity index (χ0v) is 11.1. The van der Waals surface area contributed by atoms with Gasteiger partial charge in [-0.05, 0) is 19.1 Å². The first-order valence-electron chi connectivity index (χ1n) is 6.35. The summed E-state index contributed by atoms with van der Waals surface area (Å²) in [6.07, 6.45) is 0. The smallest absolute Gasteiger partial charge is 0.231 e. The zero-order valence-electron chi connectivity index (χ0n) is 11.1. The molecule has 2 aromatic rings. The zero-order chi connectivity index (χ0) is 13.9. The number of rotatable bonds is 4. The topological polar surface area (TPSA) is 62.9 Å². The van der Waals surface area contributed by atoms with Gasteiger partial charge in [-0.2, -0.15) is 0 Å². The van der Waals surface area contributed by atoms with Gasteiger partial charge in [-0.15, -0.1) is 0 Å². The normalized spacial score (nSPS) is 12.2. The summed E-state index contributed by atoms with van der Waals surface area (Å²) in [5.74, 6) is 3.36. The van der Waals surface area contributed by atoms with Gasteiger partial charge in [0.25, 0.3) is 0 Å². The van der Waals surface area contributed by atoms with Crippen LogP contribution in [0.15, 0.2) is 36.4 Å². The number of fused-ring (bicyclic) bond motifs is 1. The Labute approximate surface area is 116 Å². The summed E-state index contributed by atoms with van der Waals surface area (Å²) >= 11 is 0. The fourth-order valence-electron chi connectivity index (χ4n) is 1.98. The molecule has 0 aliphatic carbocycles. The minimum atomic E-state index is 0.242. The number of nitrogens with two attached hydrogens (primary N) is 1. The average Bonchev–Trinajstić information content (AvgIpc) is 2.85. The Hall–Kier alpha value is -2.56. The standard InChI is InChI=1S/C15H15NO4/c1-2-17-12-5-10(16)6-13(7-12)20-11-3-4-14-15(8-11)19-9-18-14/h3-8H,2,9,16H2,1H3. The first-order valence-corrected chi connectivity index (χ1v) is 6.35. The maximum Gasteiger partial charge on any atom is 0.231 e. The molecular weight excluding hydrogens is 258 g/mol. The predicted molar refractivity (Wildman–Crippen MR) is 74.7 cm³/mol. The average molecular weight is 273 g/mol. The Morgan fingerprint density at radius 3 is 2.65 bits per heavy atom. The van der Waals surface area contributed by atoms with Gasteiger partial charge in [0.2, 0.25) is 6.79 Å². The van der Waals surface area contributed by atoms with Gasteiger partial charge in [-0.1, -0.05) is 0 Å². The largest absolute Gasteiger partial charge is 0.494 e. The highest BCUT2D eigenvalue weighted by molar-refractivity contribution is 5.53. The second-order valence-corrected chi connectivity index (χ2v) is 4.29. The van der Waals surface area contributed by atoms with Crippen molar-refractivity contribution in [2.45, 2.75) is 6.92 Å². The van der Waals surface area contributed by atoms with Gasteiger partial charge in [-0.3, -0.25) is 0 Å². The summed E-state index contributed by atoms with van der Waals surface area (Å²) in [7, 11) is 0. The molecular formula is C15H15NO4. The highest BCUT2D eigenvalue weighted by Crippen LogP contribution is 2.37. The van der Waals surface area contributed by atoms with Crippen molar-refractivity contribution in [1.82, 2.24) is 0 Å². The monoisotopic (exact) mass is 273 g/mol. The van der Waals surface area contributed by atoms with E-state index in [4.69, 9.17) is 24.7 Å². The Morgan fingerprint density at radius 1 is 1.00 bits per heavy atom. The van der Waals surface area contributed by atoms with Crippen LogP contribution in [0.4, 0.5) is 5.69 Å². The van der Waals surface area contributed by atoms with Gasteiger partial charge in [-0.25, -0.2) is 0 Å². The molecule has 0 aromatic heterocycles. The number of nitrogen functional groups attached to an aromatic ring is 1. The molecule has 0 amide bonds. The first-order chi connectivity index (χ1) is 9.74. The minimum Gasteiger partial charge on any atom is -0.494 e. The van der Waals surface area contributed by atoms with Crippen LogP contribution in [0.5, 0.6) is 28.7 Å². The quantitative estimate of drug-likeness (QED) is 0.867. The van der Waals surface area contributed by atoms with Gasteiger partial charge in [0, 0.05) is 30.0 Å². The van der Waals surface area contributed by atoms with Crippen LogP contribution in [-0.4, -0.2) is 13.4 Å². The molecule has 1 heterocycles. The van der Waals surface area contributed by atoms with Crippen LogP contribution < -0.4 is 24.7 Å². The molecule has 2 aromatic carbocycles. The lowest BCUT2D eigenvalue weighted by Crippen LogP contribution is -1.95.